The highest BCUT2D eigenvalue weighted by Crippen LogP contribution is 2.33. The Labute approximate surface area is 115 Å². The Morgan fingerprint density at radius 3 is 2.84 bits per heavy atom. The van der Waals surface area contributed by atoms with E-state index in [0.717, 1.165) is 21.6 Å². The predicted octanol–water partition coefficient (Wildman–Crippen LogP) is 0.754. The predicted molar refractivity (Wildman–Crippen MR) is 77.9 cm³/mol. The number of carbonyl (C=O) groups excluding carboxylic acids is 1. The molecule has 0 radical (unpaired) electrons. The number of aromatic nitrogens is 2. The zero-order valence-electron chi connectivity index (χ0n) is 11.2. The number of carbonyl (C=O) groups is 1. The van der Waals surface area contributed by atoms with Crippen LogP contribution in [0.5, 0.6) is 0 Å². The van der Waals surface area contributed by atoms with Crippen molar-refractivity contribution in [3.8, 4) is 0 Å². The van der Waals surface area contributed by atoms with Crippen LogP contribution in [-0.2, 0) is 0 Å². The van der Waals surface area contributed by atoms with Crippen molar-refractivity contribution < 1.29 is 4.79 Å². The zero-order chi connectivity index (χ0) is 14.0. The van der Waals surface area contributed by atoms with Gasteiger partial charge in [0.05, 0.1) is 10.3 Å². The molecule has 102 valence electrons. The summed E-state index contributed by atoms with van der Waals surface area (Å²) in [6, 6.07) is 0. The van der Waals surface area contributed by atoms with Crippen molar-refractivity contribution in [2.45, 2.75) is 6.92 Å². The number of nitrogens with zero attached hydrogens (tertiary/aromatic N) is 3. The molecular weight excluding hydrogens is 262 g/mol. The van der Waals surface area contributed by atoms with Crippen molar-refractivity contribution >= 4 is 33.3 Å². The minimum Gasteiger partial charge on any atom is -0.362 e. The first-order valence-electron chi connectivity index (χ1n) is 5.96. The number of rotatable bonds is 4. The number of hydrogen-bond donors (Lipinski definition) is 2. The number of thiophene rings is 1. The quantitative estimate of drug-likeness (QED) is 0.863. The summed E-state index contributed by atoms with van der Waals surface area (Å²) in [7, 11) is 3.85. The van der Waals surface area contributed by atoms with Crippen molar-refractivity contribution in [2.24, 2.45) is 5.73 Å². The molecule has 2 aromatic heterocycles. The van der Waals surface area contributed by atoms with Gasteiger partial charge in [0, 0.05) is 27.2 Å². The minimum absolute atomic E-state index is 0.101. The number of amides is 1. The third-order valence-corrected chi connectivity index (χ3v) is 3.97. The smallest absolute Gasteiger partial charge is 0.261 e. The lowest BCUT2D eigenvalue weighted by atomic mass is 10.2. The molecule has 0 unspecified atom stereocenters. The summed E-state index contributed by atoms with van der Waals surface area (Å²) in [6.45, 7) is 2.82. The van der Waals surface area contributed by atoms with E-state index in [2.05, 4.69) is 15.3 Å². The maximum atomic E-state index is 12.1. The lowest BCUT2D eigenvalue weighted by Gasteiger charge is -2.12. The molecule has 2 aromatic rings. The van der Waals surface area contributed by atoms with E-state index >= 15 is 0 Å². The second kappa shape index (κ2) is 5.50. The van der Waals surface area contributed by atoms with Gasteiger partial charge < -0.3 is 16.0 Å². The Balaban J connectivity index is 2.51. The lowest BCUT2D eigenvalue weighted by Crippen LogP contribution is -2.28. The van der Waals surface area contributed by atoms with Crippen molar-refractivity contribution in [3.05, 3.63) is 16.8 Å². The van der Waals surface area contributed by atoms with E-state index < -0.39 is 0 Å². The van der Waals surface area contributed by atoms with Crippen LogP contribution in [0.1, 0.15) is 15.2 Å². The number of aryl methyl sites for hydroxylation is 1. The average Bonchev–Trinajstić information content (AvgIpc) is 2.73. The Bertz CT molecular complexity index is 607. The third-order valence-electron chi connectivity index (χ3n) is 2.77. The normalized spacial score (nSPS) is 10.7. The van der Waals surface area contributed by atoms with Crippen LogP contribution >= 0.6 is 11.3 Å². The molecule has 0 aliphatic rings. The van der Waals surface area contributed by atoms with Crippen LogP contribution in [-0.4, -0.2) is 43.1 Å². The fraction of sp³-hybridized carbons (Fsp3) is 0.417. The third kappa shape index (κ3) is 2.52. The summed E-state index contributed by atoms with van der Waals surface area (Å²) in [5.41, 5.74) is 6.31. The van der Waals surface area contributed by atoms with Gasteiger partial charge in [-0.1, -0.05) is 0 Å². The van der Waals surface area contributed by atoms with Crippen molar-refractivity contribution in [2.75, 3.05) is 32.1 Å². The van der Waals surface area contributed by atoms with E-state index in [4.69, 9.17) is 5.73 Å². The molecule has 0 aliphatic heterocycles. The van der Waals surface area contributed by atoms with Gasteiger partial charge in [-0.05, 0) is 12.5 Å². The monoisotopic (exact) mass is 279 g/mol. The summed E-state index contributed by atoms with van der Waals surface area (Å²) in [5.74, 6) is 0.729. The molecule has 0 atom stereocenters. The number of anilines is 1. The van der Waals surface area contributed by atoms with Crippen LogP contribution in [0.15, 0.2) is 6.33 Å². The van der Waals surface area contributed by atoms with Crippen LogP contribution in [0.3, 0.4) is 0 Å². The maximum absolute atomic E-state index is 12.1. The topological polar surface area (TPSA) is 84.1 Å². The molecule has 2 heterocycles. The molecule has 2 rings (SSSR count). The standard InChI is InChI=1S/C12H17N5OS/c1-7-8-10(17(2)3)15-6-16-12(8)19-9(7)11(18)14-5-4-13/h6H,4-5,13H2,1-3H3,(H,14,18). The fourth-order valence-electron chi connectivity index (χ4n) is 1.87. The van der Waals surface area contributed by atoms with Gasteiger partial charge in [-0.3, -0.25) is 4.79 Å². The highest BCUT2D eigenvalue weighted by molar-refractivity contribution is 7.20. The van der Waals surface area contributed by atoms with Gasteiger partial charge >= 0.3 is 0 Å². The molecular formula is C12H17N5OS. The fourth-order valence-corrected chi connectivity index (χ4v) is 2.93. The molecule has 6 nitrogen and oxygen atoms in total. The van der Waals surface area contributed by atoms with Crippen molar-refractivity contribution in [1.82, 2.24) is 15.3 Å². The first-order chi connectivity index (χ1) is 9.06. The Morgan fingerprint density at radius 2 is 2.21 bits per heavy atom. The zero-order valence-corrected chi connectivity index (χ0v) is 12.0. The summed E-state index contributed by atoms with van der Waals surface area (Å²) in [5, 5.41) is 3.72. The number of fused-ring (bicyclic) bond motifs is 1. The molecule has 0 saturated carbocycles. The SMILES string of the molecule is Cc1c(C(=O)NCCN)sc2ncnc(N(C)C)c12. The second-order valence-electron chi connectivity index (χ2n) is 4.37. The van der Waals surface area contributed by atoms with E-state index in [1.807, 2.05) is 25.9 Å². The van der Waals surface area contributed by atoms with Crippen molar-refractivity contribution in [1.29, 1.82) is 0 Å². The Hall–Kier alpha value is -1.73. The number of hydrogen-bond acceptors (Lipinski definition) is 6. The van der Waals surface area contributed by atoms with Gasteiger partial charge in [0.2, 0.25) is 0 Å². The molecule has 3 N–H and O–H groups in total. The van der Waals surface area contributed by atoms with Gasteiger partial charge in [-0.2, -0.15) is 0 Å². The average molecular weight is 279 g/mol. The molecule has 0 saturated heterocycles. The van der Waals surface area contributed by atoms with Crippen LogP contribution in [0.25, 0.3) is 10.2 Å². The van der Waals surface area contributed by atoms with E-state index in [1.165, 1.54) is 17.7 Å². The summed E-state index contributed by atoms with van der Waals surface area (Å²) in [6.07, 6.45) is 1.52. The van der Waals surface area contributed by atoms with Crippen LogP contribution in [0.2, 0.25) is 0 Å². The van der Waals surface area contributed by atoms with Crippen LogP contribution < -0.4 is 16.0 Å². The maximum Gasteiger partial charge on any atom is 0.261 e. The van der Waals surface area contributed by atoms with Gasteiger partial charge in [0.15, 0.2) is 0 Å². The lowest BCUT2D eigenvalue weighted by molar-refractivity contribution is 0.0958. The minimum atomic E-state index is -0.101. The molecule has 0 fully saturated rings. The summed E-state index contributed by atoms with van der Waals surface area (Å²) < 4.78 is 0. The van der Waals surface area contributed by atoms with E-state index in [0.29, 0.717) is 18.0 Å². The summed E-state index contributed by atoms with van der Waals surface area (Å²) in [4.78, 5) is 24.0. The largest absolute Gasteiger partial charge is 0.362 e. The van der Waals surface area contributed by atoms with Gasteiger partial charge in [-0.15, -0.1) is 11.3 Å². The molecule has 0 spiro atoms. The Morgan fingerprint density at radius 1 is 1.47 bits per heavy atom. The molecule has 19 heavy (non-hydrogen) atoms. The van der Waals surface area contributed by atoms with E-state index in [-0.39, 0.29) is 5.91 Å². The van der Waals surface area contributed by atoms with Gasteiger partial charge in [0.25, 0.3) is 5.91 Å². The molecule has 0 bridgehead atoms. The van der Waals surface area contributed by atoms with Crippen LogP contribution in [0, 0.1) is 6.92 Å². The highest BCUT2D eigenvalue weighted by Gasteiger charge is 2.19. The summed E-state index contributed by atoms with van der Waals surface area (Å²) >= 11 is 1.38. The number of nitrogens with two attached hydrogens (primary N) is 1. The highest BCUT2D eigenvalue weighted by atomic mass is 32.1. The first-order valence-corrected chi connectivity index (χ1v) is 6.77. The molecule has 0 aromatic carbocycles. The van der Waals surface area contributed by atoms with Crippen LogP contribution in [0.4, 0.5) is 5.82 Å². The van der Waals surface area contributed by atoms with Crippen molar-refractivity contribution in [3.63, 3.8) is 0 Å². The molecule has 7 heteroatoms. The number of nitrogens with one attached hydrogen (secondary N) is 1. The van der Waals surface area contributed by atoms with E-state index in [9.17, 15) is 4.79 Å². The van der Waals surface area contributed by atoms with E-state index in [1.54, 1.807) is 0 Å². The molecule has 0 aliphatic carbocycles. The first kappa shape index (κ1) is 13.7. The molecule has 1 amide bonds. The second-order valence-corrected chi connectivity index (χ2v) is 5.37. The van der Waals surface area contributed by atoms with Gasteiger partial charge in [0.1, 0.15) is 17.0 Å². The van der Waals surface area contributed by atoms with Gasteiger partial charge in [-0.25, -0.2) is 9.97 Å². The Kier molecular flexibility index (Phi) is 3.96.